The van der Waals surface area contributed by atoms with Crippen LogP contribution in [0.2, 0.25) is 0 Å². The highest BCUT2D eigenvalue weighted by Crippen LogP contribution is 2.61. The van der Waals surface area contributed by atoms with Crippen LogP contribution >= 0.6 is 0 Å². The summed E-state index contributed by atoms with van der Waals surface area (Å²) in [5.74, 6) is 3.25. The van der Waals surface area contributed by atoms with Crippen molar-refractivity contribution in [3.8, 4) is 0 Å². The van der Waals surface area contributed by atoms with E-state index < -0.39 is 0 Å². The van der Waals surface area contributed by atoms with Crippen LogP contribution in [0.5, 0.6) is 0 Å². The minimum atomic E-state index is 0.376. The molecule has 2 nitrogen and oxygen atoms in total. The highest BCUT2D eigenvalue weighted by molar-refractivity contribution is 5.01. The van der Waals surface area contributed by atoms with Crippen molar-refractivity contribution in [2.75, 3.05) is 19.7 Å². The van der Waals surface area contributed by atoms with E-state index in [0.717, 1.165) is 23.2 Å². The van der Waals surface area contributed by atoms with E-state index in [1.807, 2.05) is 0 Å². The summed E-state index contributed by atoms with van der Waals surface area (Å²) in [6.07, 6.45) is 13.2. The van der Waals surface area contributed by atoms with E-state index in [4.69, 9.17) is 0 Å². The molecule has 0 aromatic rings. The van der Waals surface area contributed by atoms with Crippen molar-refractivity contribution in [2.45, 2.75) is 63.8 Å². The molecule has 5 fully saturated rings. The molecule has 4 bridgehead atoms. The van der Waals surface area contributed by atoms with Gasteiger partial charge in [-0.05, 0) is 94.0 Å². The second-order valence-electron chi connectivity index (χ2n) is 8.18. The van der Waals surface area contributed by atoms with E-state index in [1.165, 1.54) is 51.6 Å². The lowest BCUT2D eigenvalue weighted by Gasteiger charge is -2.57. The van der Waals surface area contributed by atoms with Gasteiger partial charge in [0.15, 0.2) is 0 Å². The van der Waals surface area contributed by atoms with Crippen LogP contribution in [0.25, 0.3) is 0 Å². The smallest absolute Gasteiger partial charge is 0.0586 e. The van der Waals surface area contributed by atoms with Crippen molar-refractivity contribution in [3.05, 3.63) is 0 Å². The van der Waals surface area contributed by atoms with Crippen LogP contribution < -0.4 is 0 Å². The monoisotopic (exact) mass is 263 g/mol. The summed E-state index contributed by atoms with van der Waals surface area (Å²) >= 11 is 0. The molecule has 0 radical (unpaired) electrons. The van der Waals surface area contributed by atoms with Gasteiger partial charge in [-0.25, -0.2) is 0 Å². The van der Waals surface area contributed by atoms with Crippen molar-refractivity contribution in [2.24, 2.45) is 23.2 Å². The Kier molecular flexibility index (Phi) is 3.15. The molecule has 0 unspecified atom stereocenters. The minimum absolute atomic E-state index is 0.376. The van der Waals surface area contributed by atoms with Crippen LogP contribution in [0.15, 0.2) is 0 Å². The Morgan fingerprint density at radius 2 is 1.63 bits per heavy atom. The van der Waals surface area contributed by atoms with Gasteiger partial charge < -0.3 is 5.11 Å². The lowest BCUT2D eigenvalue weighted by molar-refractivity contribution is -0.0619. The fourth-order valence-electron chi connectivity index (χ4n) is 6.37. The summed E-state index contributed by atoms with van der Waals surface area (Å²) in [7, 11) is 0. The van der Waals surface area contributed by atoms with E-state index in [-0.39, 0.29) is 0 Å². The molecule has 1 atom stereocenters. The van der Waals surface area contributed by atoms with Crippen LogP contribution in [-0.2, 0) is 0 Å². The Bertz CT molecular complexity index is 305. The van der Waals surface area contributed by atoms with Crippen LogP contribution in [0.3, 0.4) is 0 Å². The molecule has 0 amide bonds. The van der Waals surface area contributed by atoms with Gasteiger partial charge >= 0.3 is 0 Å². The molecule has 1 heterocycles. The van der Waals surface area contributed by atoms with Crippen molar-refractivity contribution in [1.29, 1.82) is 0 Å². The van der Waals surface area contributed by atoms with Crippen LogP contribution in [0, 0.1) is 23.2 Å². The van der Waals surface area contributed by atoms with Crippen LogP contribution in [0.4, 0.5) is 0 Å². The van der Waals surface area contributed by atoms with Crippen molar-refractivity contribution in [3.63, 3.8) is 0 Å². The Morgan fingerprint density at radius 3 is 2.21 bits per heavy atom. The number of hydrogen-bond acceptors (Lipinski definition) is 2. The lowest BCUT2D eigenvalue weighted by atomic mass is 9.49. The predicted octanol–water partition coefficient (Wildman–Crippen LogP) is 3.05. The summed E-state index contributed by atoms with van der Waals surface area (Å²) < 4.78 is 0. The maximum Gasteiger partial charge on any atom is 0.0586 e. The molecular formula is C17H29NO. The third kappa shape index (κ3) is 2.25. The van der Waals surface area contributed by atoms with Crippen molar-refractivity contribution in [1.82, 2.24) is 4.90 Å². The predicted molar refractivity (Wildman–Crippen MR) is 76.9 cm³/mol. The Hall–Kier alpha value is -0.0800. The second-order valence-corrected chi connectivity index (χ2v) is 8.18. The zero-order valence-corrected chi connectivity index (χ0v) is 12.2. The summed E-state index contributed by atoms with van der Waals surface area (Å²) in [4.78, 5) is 2.58. The second kappa shape index (κ2) is 4.73. The highest BCUT2D eigenvalue weighted by Gasteiger charge is 2.50. The average molecular weight is 263 g/mol. The number of nitrogens with zero attached hydrogens (tertiary/aromatic N) is 1. The number of aliphatic hydroxyl groups is 1. The van der Waals surface area contributed by atoms with Crippen LogP contribution in [0.1, 0.15) is 57.8 Å². The largest absolute Gasteiger partial charge is 0.395 e. The summed E-state index contributed by atoms with van der Waals surface area (Å²) in [6.45, 7) is 2.87. The molecule has 5 aliphatic rings. The fourth-order valence-corrected chi connectivity index (χ4v) is 6.37. The van der Waals surface area contributed by atoms with Gasteiger partial charge in [0.25, 0.3) is 0 Å². The van der Waals surface area contributed by atoms with Gasteiger partial charge in [0.1, 0.15) is 0 Å². The number of likely N-dealkylation sites (tertiary alicyclic amines) is 1. The minimum Gasteiger partial charge on any atom is -0.395 e. The van der Waals surface area contributed by atoms with Crippen molar-refractivity contribution >= 4 is 0 Å². The molecule has 2 heteroatoms. The average Bonchev–Trinajstić information content (AvgIpc) is 2.82. The quantitative estimate of drug-likeness (QED) is 0.842. The Morgan fingerprint density at radius 1 is 1.00 bits per heavy atom. The van der Waals surface area contributed by atoms with Gasteiger partial charge in [-0.2, -0.15) is 0 Å². The standard InChI is InChI=1S/C17H29NO/c19-12-16-2-1-4-18(16)5-3-17-9-13-6-14(10-17)8-15(7-13)11-17/h13-16,19H,1-12H2/t13?,14?,15?,16-,17?/m1/s1. The molecule has 4 aliphatic carbocycles. The Balaban J connectivity index is 1.40. The molecule has 19 heavy (non-hydrogen) atoms. The third-order valence-corrected chi connectivity index (χ3v) is 6.80. The lowest BCUT2D eigenvalue weighted by Crippen LogP contribution is -2.47. The summed E-state index contributed by atoms with van der Waals surface area (Å²) in [5.41, 5.74) is 0.720. The van der Waals surface area contributed by atoms with Gasteiger partial charge in [0.2, 0.25) is 0 Å². The first-order valence-electron chi connectivity index (χ1n) is 8.61. The highest BCUT2D eigenvalue weighted by atomic mass is 16.3. The number of aliphatic hydroxyl groups excluding tert-OH is 1. The first kappa shape index (κ1) is 12.6. The first-order valence-corrected chi connectivity index (χ1v) is 8.61. The van der Waals surface area contributed by atoms with Gasteiger partial charge in [-0.3, -0.25) is 4.90 Å². The van der Waals surface area contributed by atoms with E-state index in [2.05, 4.69) is 4.90 Å². The topological polar surface area (TPSA) is 23.5 Å². The first-order chi connectivity index (χ1) is 9.26. The molecular weight excluding hydrogens is 234 g/mol. The zero-order chi connectivity index (χ0) is 12.9. The van der Waals surface area contributed by atoms with E-state index in [9.17, 15) is 5.11 Å². The molecule has 108 valence electrons. The van der Waals surface area contributed by atoms with Gasteiger partial charge in [-0.1, -0.05) is 0 Å². The van der Waals surface area contributed by atoms with Gasteiger partial charge in [0.05, 0.1) is 6.61 Å². The number of hydrogen-bond donors (Lipinski definition) is 1. The molecule has 4 saturated carbocycles. The molecule has 1 saturated heterocycles. The molecule has 0 aromatic carbocycles. The molecule has 0 spiro atoms. The normalized spacial score (nSPS) is 49.1. The summed E-state index contributed by atoms with van der Waals surface area (Å²) in [6, 6.07) is 0.480. The maximum atomic E-state index is 9.46. The fraction of sp³-hybridized carbons (Fsp3) is 1.00. The van der Waals surface area contributed by atoms with E-state index in [0.29, 0.717) is 12.6 Å². The van der Waals surface area contributed by atoms with E-state index in [1.54, 1.807) is 19.3 Å². The molecule has 1 aliphatic heterocycles. The number of rotatable bonds is 4. The molecule has 5 rings (SSSR count). The van der Waals surface area contributed by atoms with E-state index >= 15 is 0 Å². The molecule has 0 aromatic heterocycles. The molecule has 1 N–H and O–H groups in total. The van der Waals surface area contributed by atoms with Gasteiger partial charge in [0, 0.05) is 6.04 Å². The SMILES string of the molecule is OC[C@H]1CCCN1CCC12CC3CC(CC(C3)C1)C2. The van der Waals surface area contributed by atoms with Gasteiger partial charge in [-0.15, -0.1) is 0 Å². The zero-order valence-electron chi connectivity index (χ0n) is 12.2. The third-order valence-electron chi connectivity index (χ3n) is 6.80. The Labute approximate surface area is 117 Å². The van der Waals surface area contributed by atoms with Crippen LogP contribution in [-0.4, -0.2) is 35.7 Å². The van der Waals surface area contributed by atoms with Crippen molar-refractivity contribution < 1.29 is 5.11 Å². The summed E-state index contributed by atoms with van der Waals surface area (Å²) in [5, 5.41) is 9.46. The maximum absolute atomic E-state index is 9.46.